The molecule has 4 heterocycles. The zero-order chi connectivity index (χ0) is 17.5. The van der Waals surface area contributed by atoms with Crippen molar-refractivity contribution in [3.63, 3.8) is 0 Å². The van der Waals surface area contributed by atoms with Gasteiger partial charge in [0.1, 0.15) is 17.4 Å². The third-order valence-corrected chi connectivity index (χ3v) is 5.11. The normalized spacial score (nSPS) is 23.1. The predicted octanol–water partition coefficient (Wildman–Crippen LogP) is 1.76. The van der Waals surface area contributed by atoms with Crippen LogP contribution in [0.4, 0.5) is 0 Å². The summed E-state index contributed by atoms with van der Waals surface area (Å²) in [6.45, 7) is 3.90. The summed E-state index contributed by atoms with van der Waals surface area (Å²) in [5.41, 5.74) is 3.42. The molecule has 26 heavy (non-hydrogen) atoms. The van der Waals surface area contributed by atoms with Crippen LogP contribution in [0.3, 0.4) is 0 Å². The summed E-state index contributed by atoms with van der Waals surface area (Å²) in [6.07, 6.45) is 10.1. The van der Waals surface area contributed by atoms with Crippen LogP contribution in [-0.2, 0) is 9.53 Å². The summed E-state index contributed by atoms with van der Waals surface area (Å²) >= 11 is 0. The fourth-order valence-electron chi connectivity index (χ4n) is 3.73. The number of piperazine rings is 1. The van der Waals surface area contributed by atoms with Crippen molar-refractivity contribution in [1.29, 1.82) is 0 Å². The first-order chi connectivity index (χ1) is 12.8. The SMILES string of the molecule is O=C1C=C(c2cn3ccccc3n2)OC2CC=C(N3CCNCC3)C=C12. The van der Waals surface area contributed by atoms with E-state index in [1.165, 1.54) is 0 Å². The Morgan fingerprint density at radius 3 is 2.92 bits per heavy atom. The average Bonchev–Trinajstić information content (AvgIpc) is 3.13. The number of nitrogens with one attached hydrogen (secondary N) is 1. The van der Waals surface area contributed by atoms with Crippen molar-refractivity contribution in [3.8, 4) is 0 Å². The molecule has 0 saturated carbocycles. The molecule has 0 aromatic carbocycles. The smallest absolute Gasteiger partial charge is 0.189 e. The van der Waals surface area contributed by atoms with Crippen LogP contribution in [0.25, 0.3) is 11.4 Å². The number of carbonyl (C=O) groups is 1. The Kier molecular flexibility index (Phi) is 3.64. The van der Waals surface area contributed by atoms with E-state index in [0.29, 0.717) is 17.9 Å². The molecule has 132 valence electrons. The minimum absolute atomic E-state index is 0.0223. The van der Waals surface area contributed by atoms with Gasteiger partial charge in [0.25, 0.3) is 0 Å². The number of nitrogens with zero attached hydrogens (tertiary/aromatic N) is 3. The Bertz CT molecular complexity index is 930. The van der Waals surface area contributed by atoms with Crippen LogP contribution in [0.5, 0.6) is 0 Å². The molecule has 3 aliphatic rings. The molecule has 1 unspecified atom stereocenters. The summed E-state index contributed by atoms with van der Waals surface area (Å²) in [5.74, 6) is 0.578. The van der Waals surface area contributed by atoms with E-state index < -0.39 is 0 Å². The minimum Gasteiger partial charge on any atom is -0.483 e. The quantitative estimate of drug-likeness (QED) is 0.896. The number of aromatic nitrogens is 2. The van der Waals surface area contributed by atoms with Gasteiger partial charge in [-0.3, -0.25) is 4.79 Å². The van der Waals surface area contributed by atoms with Crippen LogP contribution < -0.4 is 5.32 Å². The minimum atomic E-state index is -0.223. The molecule has 6 nitrogen and oxygen atoms in total. The highest BCUT2D eigenvalue weighted by Gasteiger charge is 2.31. The summed E-state index contributed by atoms with van der Waals surface area (Å²) in [4.78, 5) is 19.6. The van der Waals surface area contributed by atoms with E-state index >= 15 is 0 Å². The molecule has 0 spiro atoms. The van der Waals surface area contributed by atoms with Crippen LogP contribution in [0, 0.1) is 0 Å². The molecule has 1 saturated heterocycles. The maximum absolute atomic E-state index is 12.7. The second-order valence-corrected chi connectivity index (χ2v) is 6.77. The molecule has 0 radical (unpaired) electrons. The van der Waals surface area contributed by atoms with Crippen LogP contribution in [-0.4, -0.2) is 52.4 Å². The average molecular weight is 348 g/mol. The van der Waals surface area contributed by atoms with E-state index in [9.17, 15) is 4.79 Å². The maximum Gasteiger partial charge on any atom is 0.189 e. The van der Waals surface area contributed by atoms with Crippen molar-refractivity contribution < 1.29 is 9.53 Å². The maximum atomic E-state index is 12.7. The molecule has 0 amide bonds. The van der Waals surface area contributed by atoms with Gasteiger partial charge in [0, 0.05) is 62.3 Å². The Labute approximate surface area is 151 Å². The lowest BCUT2D eigenvalue weighted by Gasteiger charge is -2.34. The fourth-order valence-corrected chi connectivity index (χ4v) is 3.73. The van der Waals surface area contributed by atoms with E-state index in [2.05, 4.69) is 21.3 Å². The van der Waals surface area contributed by atoms with Crippen molar-refractivity contribution in [2.75, 3.05) is 26.2 Å². The number of imidazole rings is 1. The molecule has 6 heteroatoms. The number of rotatable bonds is 2. The van der Waals surface area contributed by atoms with Crippen LogP contribution in [0.2, 0.25) is 0 Å². The number of carbonyl (C=O) groups excluding carboxylic acids is 1. The van der Waals surface area contributed by atoms with E-state index in [4.69, 9.17) is 4.74 Å². The van der Waals surface area contributed by atoms with E-state index in [1.54, 1.807) is 6.08 Å². The fraction of sp³-hybridized carbons (Fsp3) is 0.300. The zero-order valence-electron chi connectivity index (χ0n) is 14.4. The monoisotopic (exact) mass is 348 g/mol. The Balaban J connectivity index is 1.43. The van der Waals surface area contributed by atoms with Gasteiger partial charge in [-0.2, -0.15) is 0 Å². The molecule has 1 fully saturated rings. The summed E-state index contributed by atoms with van der Waals surface area (Å²) < 4.78 is 8.06. The first kappa shape index (κ1) is 15.4. The predicted molar refractivity (Wildman–Crippen MR) is 98.3 cm³/mol. The number of pyridine rings is 1. The van der Waals surface area contributed by atoms with Crippen molar-refractivity contribution in [2.45, 2.75) is 12.5 Å². The summed E-state index contributed by atoms with van der Waals surface area (Å²) in [7, 11) is 0. The van der Waals surface area contributed by atoms with Gasteiger partial charge in [-0.25, -0.2) is 4.98 Å². The Morgan fingerprint density at radius 2 is 2.08 bits per heavy atom. The lowest BCUT2D eigenvalue weighted by atomic mass is 9.93. The van der Waals surface area contributed by atoms with Gasteiger partial charge in [-0.05, 0) is 18.2 Å². The Hall–Kier alpha value is -2.86. The topological polar surface area (TPSA) is 58.9 Å². The second-order valence-electron chi connectivity index (χ2n) is 6.77. The molecule has 0 bridgehead atoms. The van der Waals surface area contributed by atoms with Crippen LogP contribution in [0.15, 0.2) is 60.1 Å². The third kappa shape index (κ3) is 2.63. The second kappa shape index (κ2) is 6.14. The largest absolute Gasteiger partial charge is 0.483 e. The number of hydrogen-bond donors (Lipinski definition) is 1. The van der Waals surface area contributed by atoms with E-state index in [0.717, 1.165) is 43.1 Å². The van der Waals surface area contributed by atoms with E-state index in [-0.39, 0.29) is 11.9 Å². The van der Waals surface area contributed by atoms with Gasteiger partial charge >= 0.3 is 0 Å². The standard InChI is InChI=1S/C20H20N4O2/c25-17-12-19(16-13-24-8-2-1-3-20(24)22-16)26-18-5-4-14(11-15(17)18)23-9-6-21-7-10-23/h1-4,8,11-13,18,21H,5-7,9-10H2. The number of fused-ring (bicyclic) bond motifs is 2. The van der Waals surface area contributed by atoms with Gasteiger partial charge in [-0.15, -0.1) is 0 Å². The highest BCUT2D eigenvalue weighted by atomic mass is 16.5. The molecule has 2 aromatic rings. The lowest BCUT2D eigenvalue weighted by molar-refractivity contribution is -0.113. The molecular formula is C20H20N4O2. The number of ketones is 1. The highest BCUT2D eigenvalue weighted by Crippen LogP contribution is 2.32. The number of hydrogen-bond acceptors (Lipinski definition) is 5. The van der Waals surface area contributed by atoms with Gasteiger partial charge < -0.3 is 19.4 Å². The van der Waals surface area contributed by atoms with Gasteiger partial charge in [0.2, 0.25) is 0 Å². The van der Waals surface area contributed by atoms with E-state index in [1.807, 2.05) is 41.1 Å². The number of ether oxygens (including phenoxy) is 1. The third-order valence-electron chi connectivity index (χ3n) is 5.11. The number of allylic oxidation sites excluding steroid dienone is 2. The lowest BCUT2D eigenvalue weighted by Crippen LogP contribution is -2.43. The molecule has 1 atom stereocenters. The molecule has 5 rings (SSSR count). The van der Waals surface area contributed by atoms with Crippen molar-refractivity contribution in [2.24, 2.45) is 0 Å². The molecule has 1 N–H and O–H groups in total. The van der Waals surface area contributed by atoms with Gasteiger partial charge in [-0.1, -0.05) is 12.1 Å². The first-order valence-corrected chi connectivity index (χ1v) is 9.02. The molecule has 2 aromatic heterocycles. The molecular weight excluding hydrogens is 328 g/mol. The molecule has 2 aliphatic heterocycles. The van der Waals surface area contributed by atoms with Crippen molar-refractivity contribution >= 4 is 17.2 Å². The summed E-state index contributed by atoms with van der Waals surface area (Å²) in [5, 5.41) is 3.35. The summed E-state index contributed by atoms with van der Waals surface area (Å²) in [6, 6.07) is 5.82. The highest BCUT2D eigenvalue weighted by molar-refractivity contribution is 6.09. The van der Waals surface area contributed by atoms with Crippen LogP contribution in [0.1, 0.15) is 12.1 Å². The molecule has 1 aliphatic carbocycles. The zero-order valence-corrected chi connectivity index (χ0v) is 14.4. The van der Waals surface area contributed by atoms with Crippen LogP contribution >= 0.6 is 0 Å². The van der Waals surface area contributed by atoms with Crippen molar-refractivity contribution in [3.05, 3.63) is 65.8 Å². The van der Waals surface area contributed by atoms with Crippen molar-refractivity contribution in [1.82, 2.24) is 19.6 Å². The van der Waals surface area contributed by atoms with Gasteiger partial charge in [0.15, 0.2) is 11.5 Å². The van der Waals surface area contributed by atoms with Gasteiger partial charge in [0.05, 0.1) is 0 Å². The Morgan fingerprint density at radius 1 is 1.19 bits per heavy atom. The first-order valence-electron chi connectivity index (χ1n) is 9.02.